The van der Waals surface area contributed by atoms with Gasteiger partial charge in [-0.15, -0.1) is 0 Å². The third-order valence-corrected chi connectivity index (χ3v) is 4.14. The number of hydrogen-bond donors (Lipinski definition) is 2. The van der Waals surface area contributed by atoms with Crippen LogP contribution in [0.5, 0.6) is 5.75 Å². The van der Waals surface area contributed by atoms with E-state index in [-0.39, 0.29) is 12.0 Å². The fraction of sp³-hybridized carbons (Fsp3) is 0.400. The standard InChI is InChI=1S/C20H27NO2/c1-13(2)19(22)18(21)17-10-14(3)20(15(4)11-17)23-12-16-8-6-5-7-9-16/h5-11,13,18-19,22H,12,21H2,1-4H3/t18-,19+/m0/s1. The van der Waals surface area contributed by atoms with Crippen LogP contribution in [0.25, 0.3) is 0 Å². The van der Waals surface area contributed by atoms with E-state index in [4.69, 9.17) is 10.5 Å². The summed E-state index contributed by atoms with van der Waals surface area (Å²) >= 11 is 0. The number of aliphatic hydroxyl groups is 1. The molecule has 0 spiro atoms. The lowest BCUT2D eigenvalue weighted by Crippen LogP contribution is -2.30. The van der Waals surface area contributed by atoms with Crippen LogP contribution in [0.1, 0.15) is 42.1 Å². The summed E-state index contributed by atoms with van der Waals surface area (Å²) in [6, 6.07) is 13.8. The van der Waals surface area contributed by atoms with Crippen LogP contribution in [0, 0.1) is 19.8 Å². The van der Waals surface area contributed by atoms with Crippen molar-refractivity contribution >= 4 is 0 Å². The molecule has 0 saturated carbocycles. The normalized spacial score (nSPS) is 13.9. The summed E-state index contributed by atoms with van der Waals surface area (Å²) in [5.74, 6) is 1.02. The zero-order chi connectivity index (χ0) is 17.0. The van der Waals surface area contributed by atoms with Gasteiger partial charge >= 0.3 is 0 Å². The Morgan fingerprint density at radius 1 is 1.04 bits per heavy atom. The van der Waals surface area contributed by atoms with Crippen LogP contribution in [0.15, 0.2) is 42.5 Å². The first kappa shape index (κ1) is 17.5. The highest BCUT2D eigenvalue weighted by atomic mass is 16.5. The number of aryl methyl sites for hydroxylation is 2. The Bertz CT molecular complexity index is 614. The van der Waals surface area contributed by atoms with E-state index in [0.29, 0.717) is 6.61 Å². The monoisotopic (exact) mass is 313 g/mol. The van der Waals surface area contributed by atoms with Crippen molar-refractivity contribution in [1.82, 2.24) is 0 Å². The molecule has 3 heteroatoms. The van der Waals surface area contributed by atoms with E-state index in [2.05, 4.69) is 0 Å². The van der Waals surface area contributed by atoms with Gasteiger partial charge in [-0.25, -0.2) is 0 Å². The molecule has 0 aliphatic carbocycles. The molecule has 2 atom stereocenters. The molecule has 0 aliphatic heterocycles. The summed E-state index contributed by atoms with van der Waals surface area (Å²) in [5.41, 5.74) is 10.4. The summed E-state index contributed by atoms with van der Waals surface area (Å²) < 4.78 is 5.99. The molecule has 3 N–H and O–H groups in total. The van der Waals surface area contributed by atoms with Crippen molar-refractivity contribution in [1.29, 1.82) is 0 Å². The van der Waals surface area contributed by atoms with E-state index in [0.717, 1.165) is 28.0 Å². The van der Waals surface area contributed by atoms with E-state index >= 15 is 0 Å². The first-order valence-electron chi connectivity index (χ1n) is 8.11. The first-order chi connectivity index (χ1) is 10.9. The number of ether oxygens (including phenoxy) is 1. The number of rotatable bonds is 6. The summed E-state index contributed by atoms with van der Waals surface area (Å²) in [5, 5.41) is 10.2. The molecule has 0 radical (unpaired) electrons. The molecular formula is C20H27NO2. The van der Waals surface area contributed by atoms with Gasteiger partial charge in [0.2, 0.25) is 0 Å². The van der Waals surface area contributed by atoms with E-state index in [1.54, 1.807) is 0 Å². The van der Waals surface area contributed by atoms with Crippen molar-refractivity contribution in [3.63, 3.8) is 0 Å². The molecule has 124 valence electrons. The Kier molecular flexibility index (Phi) is 5.80. The van der Waals surface area contributed by atoms with Crippen LogP contribution in [0.3, 0.4) is 0 Å². The first-order valence-corrected chi connectivity index (χ1v) is 8.11. The van der Waals surface area contributed by atoms with Gasteiger partial charge in [0.15, 0.2) is 0 Å². The van der Waals surface area contributed by atoms with Crippen LogP contribution in [0.4, 0.5) is 0 Å². The minimum atomic E-state index is -0.551. The van der Waals surface area contributed by atoms with Crippen LogP contribution < -0.4 is 10.5 Å². The average molecular weight is 313 g/mol. The zero-order valence-electron chi connectivity index (χ0n) is 14.4. The third kappa shape index (κ3) is 4.34. The van der Waals surface area contributed by atoms with Gasteiger partial charge in [0, 0.05) is 0 Å². The SMILES string of the molecule is Cc1cc([C@H](N)[C@H](O)C(C)C)cc(C)c1OCc1ccccc1. The summed E-state index contributed by atoms with van der Waals surface area (Å²) in [6.07, 6.45) is -0.551. The van der Waals surface area contributed by atoms with Gasteiger partial charge in [-0.1, -0.05) is 56.3 Å². The lowest BCUT2D eigenvalue weighted by atomic mass is 9.92. The van der Waals surface area contributed by atoms with Gasteiger partial charge in [-0.2, -0.15) is 0 Å². The molecule has 3 nitrogen and oxygen atoms in total. The molecule has 0 aliphatic rings. The number of benzene rings is 2. The Labute approximate surface area is 139 Å². The smallest absolute Gasteiger partial charge is 0.125 e. The zero-order valence-corrected chi connectivity index (χ0v) is 14.4. The van der Waals surface area contributed by atoms with Gasteiger partial charge in [0.25, 0.3) is 0 Å². The second kappa shape index (κ2) is 7.62. The van der Waals surface area contributed by atoms with E-state index in [1.807, 2.05) is 70.2 Å². The number of nitrogens with two attached hydrogens (primary N) is 1. The fourth-order valence-electron chi connectivity index (χ4n) is 2.75. The maximum atomic E-state index is 10.2. The van der Waals surface area contributed by atoms with Gasteiger partial charge in [0.05, 0.1) is 12.1 Å². The highest BCUT2D eigenvalue weighted by Crippen LogP contribution is 2.29. The second-order valence-corrected chi connectivity index (χ2v) is 6.52. The fourth-order valence-corrected chi connectivity index (χ4v) is 2.75. The highest BCUT2D eigenvalue weighted by Gasteiger charge is 2.21. The van der Waals surface area contributed by atoms with Crippen molar-refractivity contribution < 1.29 is 9.84 Å². The molecule has 0 heterocycles. The molecule has 0 amide bonds. The van der Waals surface area contributed by atoms with Gasteiger partial charge in [-0.3, -0.25) is 0 Å². The van der Waals surface area contributed by atoms with Crippen LogP contribution >= 0.6 is 0 Å². The molecule has 2 aromatic rings. The average Bonchev–Trinajstić information content (AvgIpc) is 2.53. The number of aliphatic hydroxyl groups excluding tert-OH is 1. The summed E-state index contributed by atoms with van der Waals surface area (Å²) in [7, 11) is 0. The van der Waals surface area contributed by atoms with E-state index < -0.39 is 6.10 Å². The predicted molar refractivity (Wildman–Crippen MR) is 94.5 cm³/mol. The predicted octanol–water partition coefficient (Wildman–Crippen LogP) is 3.90. The molecule has 0 unspecified atom stereocenters. The lowest BCUT2D eigenvalue weighted by Gasteiger charge is -2.24. The molecule has 2 rings (SSSR count). The van der Waals surface area contributed by atoms with Crippen molar-refractivity contribution in [2.24, 2.45) is 11.7 Å². The van der Waals surface area contributed by atoms with Gasteiger partial charge in [0.1, 0.15) is 12.4 Å². The topological polar surface area (TPSA) is 55.5 Å². The van der Waals surface area contributed by atoms with Crippen LogP contribution in [-0.4, -0.2) is 11.2 Å². The molecule has 0 aromatic heterocycles. The molecule has 23 heavy (non-hydrogen) atoms. The quantitative estimate of drug-likeness (QED) is 0.850. The van der Waals surface area contributed by atoms with Gasteiger partial charge < -0.3 is 15.6 Å². The third-order valence-electron chi connectivity index (χ3n) is 4.14. The maximum absolute atomic E-state index is 10.2. The minimum Gasteiger partial charge on any atom is -0.488 e. The van der Waals surface area contributed by atoms with E-state index in [1.165, 1.54) is 0 Å². The van der Waals surface area contributed by atoms with Crippen molar-refractivity contribution in [2.45, 2.75) is 46.4 Å². The lowest BCUT2D eigenvalue weighted by molar-refractivity contribution is 0.0979. The minimum absolute atomic E-state index is 0.125. The van der Waals surface area contributed by atoms with Crippen molar-refractivity contribution in [3.05, 3.63) is 64.7 Å². The number of hydrogen-bond acceptors (Lipinski definition) is 3. The highest BCUT2D eigenvalue weighted by molar-refractivity contribution is 5.44. The van der Waals surface area contributed by atoms with Crippen LogP contribution in [0.2, 0.25) is 0 Å². The molecule has 0 fully saturated rings. The Balaban J connectivity index is 2.17. The summed E-state index contributed by atoms with van der Waals surface area (Å²) in [6.45, 7) is 8.53. The Morgan fingerprint density at radius 3 is 2.13 bits per heavy atom. The molecular weight excluding hydrogens is 286 g/mol. The van der Waals surface area contributed by atoms with Gasteiger partial charge in [-0.05, 0) is 42.0 Å². The molecule has 0 bridgehead atoms. The van der Waals surface area contributed by atoms with Crippen molar-refractivity contribution in [2.75, 3.05) is 0 Å². The maximum Gasteiger partial charge on any atom is 0.125 e. The van der Waals surface area contributed by atoms with Crippen LogP contribution in [-0.2, 0) is 6.61 Å². The molecule has 2 aromatic carbocycles. The largest absolute Gasteiger partial charge is 0.488 e. The summed E-state index contributed by atoms with van der Waals surface area (Å²) in [4.78, 5) is 0. The second-order valence-electron chi connectivity index (χ2n) is 6.52. The van der Waals surface area contributed by atoms with Crippen molar-refractivity contribution in [3.8, 4) is 5.75 Å². The van der Waals surface area contributed by atoms with E-state index in [9.17, 15) is 5.11 Å². The molecule has 0 saturated heterocycles. The Morgan fingerprint density at radius 2 is 1.61 bits per heavy atom. The Hall–Kier alpha value is -1.84.